The van der Waals surface area contributed by atoms with Crippen LogP contribution in [-0.4, -0.2) is 21.5 Å². The Morgan fingerprint density at radius 3 is 2.41 bits per heavy atom. The number of hydrogen-bond donors (Lipinski definition) is 1. The van der Waals surface area contributed by atoms with E-state index in [9.17, 15) is 4.79 Å². The first kappa shape index (κ1) is 16.1. The Hall–Kier alpha value is -2.30. The van der Waals surface area contributed by atoms with Gasteiger partial charge in [0.25, 0.3) is 0 Å². The van der Waals surface area contributed by atoms with E-state index < -0.39 is 11.7 Å². The van der Waals surface area contributed by atoms with Gasteiger partial charge >= 0.3 is 6.09 Å². The highest BCUT2D eigenvalue weighted by Gasteiger charge is 2.23. The lowest BCUT2D eigenvalue weighted by Crippen LogP contribution is -2.28. The minimum Gasteiger partial charge on any atom is -0.442 e. The van der Waals surface area contributed by atoms with Gasteiger partial charge in [-0.3, -0.25) is 0 Å². The number of aryl methyl sites for hydroxylation is 2. The van der Waals surface area contributed by atoms with Crippen molar-refractivity contribution in [3.63, 3.8) is 0 Å². The van der Waals surface area contributed by atoms with E-state index in [1.807, 2.05) is 46.8 Å². The second-order valence-corrected chi connectivity index (χ2v) is 6.56. The van der Waals surface area contributed by atoms with Gasteiger partial charge in [0, 0.05) is 5.56 Å². The average molecular weight is 301 g/mol. The summed E-state index contributed by atoms with van der Waals surface area (Å²) in [5, 5.41) is 4.37. The Labute approximate surface area is 131 Å². The fourth-order valence-corrected chi connectivity index (χ4v) is 2.28. The number of ether oxygens (including phenoxy) is 1. The van der Waals surface area contributed by atoms with Gasteiger partial charge in [-0.1, -0.05) is 23.8 Å². The molecule has 0 radical (unpaired) electrons. The van der Waals surface area contributed by atoms with Gasteiger partial charge in [0.05, 0.1) is 11.4 Å². The Balaban J connectivity index is 2.48. The number of anilines is 1. The van der Waals surface area contributed by atoms with Crippen molar-refractivity contribution >= 4 is 11.8 Å². The van der Waals surface area contributed by atoms with E-state index in [0.29, 0.717) is 17.1 Å². The second-order valence-electron chi connectivity index (χ2n) is 6.56. The normalized spacial score (nSPS) is 11.5. The van der Waals surface area contributed by atoms with Crippen LogP contribution in [0.15, 0.2) is 18.2 Å². The summed E-state index contributed by atoms with van der Waals surface area (Å²) in [6.07, 6.45) is -0.521. The fraction of sp³-hybridized carbons (Fsp3) is 0.412. The smallest absolute Gasteiger partial charge is 0.435 e. The zero-order chi connectivity index (χ0) is 16.7. The maximum Gasteiger partial charge on any atom is 0.435 e. The van der Waals surface area contributed by atoms with Crippen LogP contribution < -0.4 is 5.73 Å². The van der Waals surface area contributed by atoms with Crippen molar-refractivity contribution in [2.24, 2.45) is 0 Å². The Kier molecular flexibility index (Phi) is 4.00. The number of hydrogen-bond acceptors (Lipinski definition) is 4. The van der Waals surface area contributed by atoms with Crippen LogP contribution in [0.25, 0.3) is 11.3 Å². The van der Waals surface area contributed by atoms with Crippen LogP contribution in [0.3, 0.4) is 0 Å². The molecular weight excluding hydrogens is 278 g/mol. The van der Waals surface area contributed by atoms with E-state index in [2.05, 4.69) is 11.2 Å². The van der Waals surface area contributed by atoms with Crippen molar-refractivity contribution in [2.75, 3.05) is 5.73 Å². The van der Waals surface area contributed by atoms with E-state index in [1.54, 1.807) is 6.92 Å². The van der Waals surface area contributed by atoms with Gasteiger partial charge in [0.15, 0.2) is 0 Å². The molecule has 0 saturated heterocycles. The minimum atomic E-state index is -0.579. The molecule has 0 aliphatic heterocycles. The molecule has 22 heavy (non-hydrogen) atoms. The molecule has 118 valence electrons. The topological polar surface area (TPSA) is 70.1 Å². The molecule has 0 spiro atoms. The van der Waals surface area contributed by atoms with Crippen LogP contribution in [-0.2, 0) is 4.74 Å². The maximum absolute atomic E-state index is 12.2. The molecule has 5 nitrogen and oxygen atoms in total. The summed E-state index contributed by atoms with van der Waals surface area (Å²) >= 11 is 0. The Morgan fingerprint density at radius 2 is 1.86 bits per heavy atom. The maximum atomic E-state index is 12.2. The summed E-state index contributed by atoms with van der Waals surface area (Å²) < 4.78 is 6.60. The summed E-state index contributed by atoms with van der Waals surface area (Å²) in [7, 11) is 0. The monoisotopic (exact) mass is 301 g/mol. The molecule has 0 unspecified atom stereocenters. The molecule has 5 heteroatoms. The first-order valence-electron chi connectivity index (χ1n) is 7.26. The van der Waals surface area contributed by atoms with Crippen LogP contribution >= 0.6 is 0 Å². The van der Waals surface area contributed by atoms with Gasteiger partial charge in [-0.25, -0.2) is 4.79 Å². The molecule has 2 aromatic rings. The summed E-state index contributed by atoms with van der Waals surface area (Å²) in [6, 6.07) is 6.04. The van der Waals surface area contributed by atoms with Crippen LogP contribution in [0.2, 0.25) is 0 Å². The van der Waals surface area contributed by atoms with Crippen molar-refractivity contribution in [3.05, 3.63) is 35.0 Å². The third-order valence-electron chi connectivity index (χ3n) is 3.37. The minimum absolute atomic E-state index is 0.498. The van der Waals surface area contributed by atoms with Crippen LogP contribution in [0.1, 0.15) is 37.6 Å². The van der Waals surface area contributed by atoms with Crippen molar-refractivity contribution in [2.45, 2.75) is 47.1 Å². The average Bonchev–Trinajstić information content (AvgIpc) is 2.65. The van der Waals surface area contributed by atoms with Crippen molar-refractivity contribution in [1.82, 2.24) is 9.78 Å². The predicted octanol–water partition coefficient (Wildman–Crippen LogP) is 3.84. The van der Waals surface area contributed by atoms with E-state index in [1.165, 1.54) is 10.2 Å². The molecular formula is C17H23N3O2. The fourth-order valence-electron chi connectivity index (χ4n) is 2.28. The number of nitrogens with zero attached hydrogens (tertiary/aromatic N) is 2. The van der Waals surface area contributed by atoms with Gasteiger partial charge < -0.3 is 10.5 Å². The van der Waals surface area contributed by atoms with Crippen molar-refractivity contribution in [1.29, 1.82) is 0 Å². The van der Waals surface area contributed by atoms with E-state index >= 15 is 0 Å². The Bertz CT molecular complexity index is 724. The van der Waals surface area contributed by atoms with Crippen LogP contribution in [0, 0.1) is 20.8 Å². The lowest BCUT2D eigenvalue weighted by atomic mass is 10.0. The van der Waals surface area contributed by atoms with Crippen molar-refractivity contribution in [3.8, 4) is 11.3 Å². The highest BCUT2D eigenvalue weighted by molar-refractivity contribution is 5.81. The quantitative estimate of drug-likeness (QED) is 0.868. The number of nitrogens with two attached hydrogens (primary N) is 1. The predicted molar refractivity (Wildman–Crippen MR) is 87.9 cm³/mol. The molecule has 1 heterocycles. The number of carbonyl (C=O) groups is 1. The summed E-state index contributed by atoms with van der Waals surface area (Å²) in [4.78, 5) is 12.2. The third kappa shape index (κ3) is 3.13. The molecule has 1 aromatic carbocycles. The molecule has 1 aromatic heterocycles. The second kappa shape index (κ2) is 5.48. The van der Waals surface area contributed by atoms with Crippen LogP contribution in [0.5, 0.6) is 0 Å². The largest absolute Gasteiger partial charge is 0.442 e. The summed E-state index contributed by atoms with van der Waals surface area (Å²) in [5.41, 5.74) is 10.4. The number of rotatable bonds is 1. The van der Waals surface area contributed by atoms with Gasteiger partial charge in [-0.15, -0.1) is 0 Å². The first-order chi connectivity index (χ1) is 10.1. The number of aromatic nitrogens is 2. The van der Waals surface area contributed by atoms with E-state index in [0.717, 1.165) is 11.1 Å². The SMILES string of the molecule is Cc1ccc(-c2nn(C(=O)OC(C)(C)C)c(C)c2N)c(C)c1. The molecule has 0 bridgehead atoms. The first-order valence-corrected chi connectivity index (χ1v) is 7.26. The van der Waals surface area contributed by atoms with Gasteiger partial charge in [0.2, 0.25) is 0 Å². The lowest BCUT2D eigenvalue weighted by molar-refractivity contribution is 0.0511. The molecule has 0 fully saturated rings. The molecule has 0 aliphatic carbocycles. The van der Waals surface area contributed by atoms with E-state index in [4.69, 9.17) is 10.5 Å². The zero-order valence-electron chi connectivity index (χ0n) is 14.0. The van der Waals surface area contributed by atoms with E-state index in [-0.39, 0.29) is 0 Å². The molecule has 0 amide bonds. The molecule has 0 aliphatic rings. The number of carbonyl (C=O) groups excluding carboxylic acids is 1. The third-order valence-corrected chi connectivity index (χ3v) is 3.37. The van der Waals surface area contributed by atoms with Gasteiger partial charge in [0.1, 0.15) is 11.3 Å². The number of benzene rings is 1. The summed E-state index contributed by atoms with van der Waals surface area (Å²) in [5.74, 6) is 0. The van der Waals surface area contributed by atoms with Crippen LogP contribution in [0.4, 0.5) is 10.5 Å². The Morgan fingerprint density at radius 1 is 1.23 bits per heavy atom. The number of nitrogen functional groups attached to an aromatic ring is 1. The molecule has 0 atom stereocenters. The standard InChI is InChI=1S/C17H23N3O2/c1-10-7-8-13(11(2)9-10)15-14(18)12(3)20(19-15)16(21)22-17(4,5)6/h7-9H,18H2,1-6H3. The highest BCUT2D eigenvalue weighted by Crippen LogP contribution is 2.30. The van der Waals surface area contributed by atoms with Crippen molar-refractivity contribution < 1.29 is 9.53 Å². The molecule has 0 saturated carbocycles. The highest BCUT2D eigenvalue weighted by atomic mass is 16.6. The van der Waals surface area contributed by atoms with Gasteiger partial charge in [-0.2, -0.15) is 9.78 Å². The lowest BCUT2D eigenvalue weighted by Gasteiger charge is -2.19. The molecule has 2 rings (SSSR count). The van der Waals surface area contributed by atoms with Gasteiger partial charge in [-0.05, 0) is 47.1 Å². The molecule has 2 N–H and O–H groups in total. The zero-order valence-corrected chi connectivity index (χ0v) is 14.0. The summed E-state index contributed by atoms with van der Waals surface area (Å²) in [6.45, 7) is 11.3.